The van der Waals surface area contributed by atoms with Crippen LogP contribution in [0.2, 0.25) is 0 Å². The van der Waals surface area contributed by atoms with Gasteiger partial charge in [-0.3, -0.25) is 9.98 Å². The molecule has 0 aliphatic carbocycles. The van der Waals surface area contributed by atoms with Gasteiger partial charge < -0.3 is 0 Å². The molecule has 136 valence electrons. The fourth-order valence-corrected chi connectivity index (χ4v) is 2.64. The summed E-state index contributed by atoms with van der Waals surface area (Å²) in [5.74, 6) is -0.719. The molecule has 0 unspecified atom stereocenters. The van der Waals surface area contributed by atoms with Gasteiger partial charge in [0, 0.05) is 22.2 Å². The van der Waals surface area contributed by atoms with E-state index < -0.39 is 0 Å². The van der Waals surface area contributed by atoms with E-state index >= 15 is 0 Å². The van der Waals surface area contributed by atoms with E-state index in [4.69, 9.17) is 20.2 Å². The van der Waals surface area contributed by atoms with Gasteiger partial charge in [-0.15, -0.1) is 11.3 Å². The molecule has 8 heteroatoms. The monoisotopic (exact) mass is 452 g/mol. The topological polar surface area (TPSA) is 24.7 Å². The maximum atomic E-state index is 13.5. The Labute approximate surface area is 168 Å². The van der Waals surface area contributed by atoms with Gasteiger partial charge in [0.1, 0.15) is 11.6 Å². The average molecular weight is 453 g/mol. The summed E-state index contributed by atoms with van der Waals surface area (Å²) >= 11 is 1.63. The van der Waals surface area contributed by atoms with Crippen molar-refractivity contribution in [3.05, 3.63) is 82.1 Å². The number of halogens is 4. The van der Waals surface area contributed by atoms with Crippen LogP contribution < -0.4 is 0 Å². The van der Waals surface area contributed by atoms with E-state index in [0.717, 1.165) is 9.75 Å². The molecule has 0 aliphatic heterocycles. The van der Waals surface area contributed by atoms with Gasteiger partial charge in [-0.1, -0.05) is 24.3 Å². The van der Waals surface area contributed by atoms with Crippen molar-refractivity contribution in [2.45, 2.75) is 0 Å². The second-order valence-electron chi connectivity index (χ2n) is 4.71. The number of nitrogens with zero attached hydrogens (tertiary/aromatic N) is 2. The Morgan fingerprint density at radius 2 is 1.12 bits per heavy atom. The van der Waals surface area contributed by atoms with Crippen molar-refractivity contribution < 1.29 is 21.9 Å². The third kappa shape index (κ3) is 6.63. The number of benzene rings is 2. The van der Waals surface area contributed by atoms with Crippen LogP contribution in [0.1, 0.15) is 9.75 Å². The Morgan fingerprint density at radius 3 is 1.50 bits per heavy atom. The van der Waals surface area contributed by atoms with Crippen molar-refractivity contribution in [1.29, 1.82) is 0 Å². The van der Waals surface area contributed by atoms with Crippen LogP contribution in [0.25, 0.3) is 0 Å². The number of aliphatic imine (C=N–C) groups is 2. The van der Waals surface area contributed by atoms with E-state index in [9.17, 15) is 8.78 Å². The van der Waals surface area contributed by atoms with E-state index in [0.29, 0.717) is 11.4 Å². The van der Waals surface area contributed by atoms with Crippen LogP contribution in [0.5, 0.6) is 0 Å². The molecule has 0 amide bonds. The Bertz CT molecular complexity index is 830. The van der Waals surface area contributed by atoms with Crippen molar-refractivity contribution in [2.24, 2.45) is 9.98 Å². The van der Waals surface area contributed by atoms with Gasteiger partial charge in [0.15, 0.2) is 0 Å². The zero-order valence-corrected chi connectivity index (χ0v) is 16.5. The van der Waals surface area contributed by atoms with Crippen molar-refractivity contribution in [3.8, 4) is 0 Å². The molecule has 0 fully saturated rings. The first-order valence-electron chi connectivity index (χ1n) is 7.16. The average Bonchev–Trinajstić information content (AvgIpc) is 3.09. The Kier molecular flexibility index (Phi) is 8.95. The molecule has 0 N–H and O–H groups in total. The van der Waals surface area contributed by atoms with E-state index in [1.54, 1.807) is 48.8 Å². The predicted molar refractivity (Wildman–Crippen MR) is 103 cm³/mol. The molecular weight excluding hydrogens is 441 g/mol. The summed E-state index contributed by atoms with van der Waals surface area (Å²) in [5.41, 5.74) is 0.588. The van der Waals surface area contributed by atoms with Crippen molar-refractivity contribution >= 4 is 55.3 Å². The van der Waals surface area contributed by atoms with Crippen molar-refractivity contribution in [3.63, 3.8) is 0 Å². The first-order chi connectivity index (χ1) is 12.6. The predicted octanol–water partition coefficient (Wildman–Crippen LogP) is 6.90. The molecular formula is C18H12Cl2F2FeN2S. The normalized spacial score (nSPS) is 11.1. The van der Waals surface area contributed by atoms with E-state index in [2.05, 4.69) is 9.98 Å². The molecule has 3 aromatic rings. The third-order valence-electron chi connectivity index (χ3n) is 3.01. The van der Waals surface area contributed by atoms with Crippen LogP contribution in [0, 0.1) is 11.6 Å². The summed E-state index contributed by atoms with van der Waals surface area (Å²) in [7, 11) is 9.53. The summed E-state index contributed by atoms with van der Waals surface area (Å²) in [6.07, 6.45) is 3.20. The molecule has 26 heavy (non-hydrogen) atoms. The molecule has 0 aliphatic rings. The van der Waals surface area contributed by atoms with Crippen molar-refractivity contribution in [1.82, 2.24) is 0 Å². The third-order valence-corrected chi connectivity index (χ3v) is 3.97. The Balaban J connectivity index is 0.000000758. The molecule has 2 aromatic carbocycles. The quantitative estimate of drug-likeness (QED) is 0.303. The summed E-state index contributed by atoms with van der Waals surface area (Å²) in [6, 6.07) is 16.4. The van der Waals surface area contributed by atoms with Gasteiger partial charge >= 0.3 is 33.3 Å². The summed E-state index contributed by atoms with van der Waals surface area (Å²) in [4.78, 5) is 9.98. The molecule has 0 radical (unpaired) electrons. The van der Waals surface area contributed by atoms with Crippen molar-refractivity contribution in [2.75, 3.05) is 0 Å². The number of hydrogen-bond donors (Lipinski definition) is 0. The van der Waals surface area contributed by atoms with Gasteiger partial charge in [0.05, 0.1) is 11.4 Å². The molecule has 3 rings (SSSR count). The van der Waals surface area contributed by atoms with Gasteiger partial charge in [0.25, 0.3) is 0 Å². The van der Waals surface area contributed by atoms with Crippen LogP contribution in [0.4, 0.5) is 20.2 Å². The van der Waals surface area contributed by atoms with Crippen LogP contribution in [0.3, 0.4) is 0 Å². The molecule has 1 heterocycles. The Hall–Kier alpha value is -1.56. The fourth-order valence-electron chi connectivity index (χ4n) is 1.89. The second-order valence-corrected chi connectivity index (χ2v) is 7.68. The number of rotatable bonds is 4. The summed E-state index contributed by atoms with van der Waals surface area (Å²) in [5, 5.41) is 0. The number of thiophene rings is 1. The summed E-state index contributed by atoms with van der Waals surface area (Å²) < 4.78 is 27.0. The van der Waals surface area contributed by atoms with Crippen LogP contribution >= 0.6 is 31.5 Å². The first-order valence-corrected chi connectivity index (χ1v) is 11.0. The molecule has 0 spiro atoms. The molecule has 0 saturated heterocycles. The zero-order valence-electron chi connectivity index (χ0n) is 13.1. The SMILES string of the molecule is Fc1ccccc1N=Cc1ccc(C=Nc2ccccc2F)s1.[Cl][Fe][Cl]. The van der Waals surface area contributed by atoms with Gasteiger partial charge in [0.2, 0.25) is 0 Å². The first kappa shape index (κ1) is 20.7. The molecule has 0 atom stereocenters. The Morgan fingerprint density at radius 1 is 0.731 bits per heavy atom. The molecule has 0 bridgehead atoms. The van der Waals surface area contributed by atoms with E-state index in [1.807, 2.05) is 12.1 Å². The fraction of sp³-hybridized carbons (Fsp3) is 0. The maximum absolute atomic E-state index is 13.5. The zero-order chi connectivity index (χ0) is 18.8. The number of para-hydroxylation sites is 2. The minimum atomic E-state index is -0.360. The second kappa shape index (κ2) is 11.2. The van der Waals surface area contributed by atoms with E-state index in [-0.39, 0.29) is 24.8 Å². The number of hydrogen-bond acceptors (Lipinski definition) is 3. The van der Waals surface area contributed by atoms with Crippen LogP contribution in [-0.2, 0) is 13.1 Å². The van der Waals surface area contributed by atoms with Gasteiger partial charge in [-0.25, -0.2) is 8.78 Å². The van der Waals surface area contributed by atoms with Crippen LogP contribution in [0.15, 0.2) is 70.6 Å². The van der Waals surface area contributed by atoms with E-state index in [1.165, 1.54) is 23.5 Å². The van der Waals surface area contributed by atoms with Crippen LogP contribution in [-0.4, -0.2) is 12.4 Å². The van der Waals surface area contributed by atoms with Gasteiger partial charge in [-0.05, 0) is 36.4 Å². The molecule has 1 aromatic heterocycles. The van der Waals surface area contributed by atoms with Gasteiger partial charge in [-0.2, -0.15) is 0 Å². The standard InChI is InChI=1S/C18H12F2N2S.2ClH.Fe/c19-15-5-1-3-7-17(15)21-11-13-9-10-14(23-13)12-22-18-8-4-2-6-16(18)20;;;/h1-12H;2*1H;/q;;;+2/p-2. The molecule has 0 saturated carbocycles. The minimum absolute atomic E-state index is 0.194. The molecule has 2 nitrogen and oxygen atoms in total. The summed E-state index contributed by atoms with van der Waals surface area (Å²) in [6.45, 7) is 0.